The van der Waals surface area contributed by atoms with Gasteiger partial charge in [-0.25, -0.2) is 0 Å². The van der Waals surface area contributed by atoms with E-state index < -0.39 is 0 Å². The quantitative estimate of drug-likeness (QED) is 0.808. The number of hydrogen-bond acceptors (Lipinski definition) is 2. The van der Waals surface area contributed by atoms with E-state index >= 15 is 0 Å². The Hall–Kier alpha value is -1.80. The first-order valence-corrected chi connectivity index (χ1v) is 7.77. The fourth-order valence-corrected chi connectivity index (χ4v) is 2.42. The molecule has 1 N–H and O–H groups in total. The van der Waals surface area contributed by atoms with Crippen LogP contribution in [0, 0.1) is 0 Å². The van der Waals surface area contributed by atoms with Crippen LogP contribution in [0.3, 0.4) is 0 Å². The average molecular weight is 283 g/mol. The van der Waals surface area contributed by atoms with Crippen molar-refractivity contribution in [1.82, 2.24) is 5.32 Å². The Bertz CT molecular complexity index is 548. The van der Waals surface area contributed by atoms with Gasteiger partial charge in [-0.2, -0.15) is 0 Å². The number of rotatable bonds is 7. The lowest BCUT2D eigenvalue weighted by molar-refractivity contribution is 0.300. The van der Waals surface area contributed by atoms with E-state index in [0.717, 1.165) is 18.7 Å². The lowest BCUT2D eigenvalue weighted by Crippen LogP contribution is -2.18. The first kappa shape index (κ1) is 15.6. The van der Waals surface area contributed by atoms with E-state index in [-0.39, 0.29) is 0 Å². The fourth-order valence-electron chi connectivity index (χ4n) is 2.42. The third-order valence-corrected chi connectivity index (χ3v) is 3.72. The molecule has 0 bridgehead atoms. The lowest BCUT2D eigenvalue weighted by Gasteiger charge is -2.17. The Kier molecular flexibility index (Phi) is 5.82. The summed E-state index contributed by atoms with van der Waals surface area (Å²) in [6.07, 6.45) is 1.07. The summed E-state index contributed by atoms with van der Waals surface area (Å²) in [5, 5.41) is 3.44. The highest BCUT2D eigenvalue weighted by Crippen LogP contribution is 2.25. The molecule has 0 aromatic heterocycles. The molecule has 2 nitrogen and oxygen atoms in total. The maximum absolute atomic E-state index is 6.02. The Balaban J connectivity index is 2.05. The van der Waals surface area contributed by atoms with Crippen molar-refractivity contribution >= 4 is 0 Å². The largest absolute Gasteiger partial charge is 0.489 e. The van der Waals surface area contributed by atoms with E-state index in [1.807, 2.05) is 12.1 Å². The normalized spacial score (nSPS) is 12.1. The smallest absolute Gasteiger partial charge is 0.124 e. The Morgan fingerprint density at radius 1 is 0.952 bits per heavy atom. The molecule has 0 amide bonds. The molecule has 2 heteroatoms. The van der Waals surface area contributed by atoms with Crippen molar-refractivity contribution in [2.75, 3.05) is 6.54 Å². The highest BCUT2D eigenvalue weighted by Gasteiger charge is 2.10. The van der Waals surface area contributed by atoms with Gasteiger partial charge in [0.2, 0.25) is 0 Å². The summed E-state index contributed by atoms with van der Waals surface area (Å²) in [5.41, 5.74) is 3.78. The summed E-state index contributed by atoms with van der Waals surface area (Å²) >= 11 is 0. The van der Waals surface area contributed by atoms with Crippen molar-refractivity contribution in [3.63, 3.8) is 0 Å². The zero-order chi connectivity index (χ0) is 15.1. The van der Waals surface area contributed by atoms with Crippen LogP contribution < -0.4 is 10.1 Å². The van der Waals surface area contributed by atoms with Gasteiger partial charge in [-0.3, -0.25) is 0 Å². The highest BCUT2D eigenvalue weighted by molar-refractivity contribution is 5.36. The van der Waals surface area contributed by atoms with Crippen LogP contribution in [0.25, 0.3) is 0 Å². The van der Waals surface area contributed by atoms with Crippen molar-refractivity contribution in [2.24, 2.45) is 0 Å². The molecule has 112 valence electrons. The first-order valence-electron chi connectivity index (χ1n) is 7.77. The van der Waals surface area contributed by atoms with Gasteiger partial charge in [-0.05, 0) is 37.1 Å². The van der Waals surface area contributed by atoms with Crippen molar-refractivity contribution in [3.05, 3.63) is 65.2 Å². The number of para-hydroxylation sites is 1. The number of nitrogens with one attached hydrogen (secondary N) is 1. The van der Waals surface area contributed by atoms with Gasteiger partial charge in [-0.1, -0.05) is 56.3 Å². The van der Waals surface area contributed by atoms with Crippen LogP contribution in [-0.2, 0) is 13.0 Å². The van der Waals surface area contributed by atoms with Crippen molar-refractivity contribution in [1.29, 1.82) is 0 Å². The number of aryl methyl sites for hydroxylation is 1. The molecule has 0 aliphatic heterocycles. The van der Waals surface area contributed by atoms with Crippen LogP contribution in [0.4, 0.5) is 0 Å². The fraction of sp³-hybridized carbons (Fsp3) is 0.368. The van der Waals surface area contributed by atoms with E-state index in [1.54, 1.807) is 0 Å². The van der Waals surface area contributed by atoms with E-state index in [0.29, 0.717) is 12.6 Å². The van der Waals surface area contributed by atoms with E-state index in [4.69, 9.17) is 4.74 Å². The van der Waals surface area contributed by atoms with Crippen LogP contribution in [0.2, 0.25) is 0 Å². The van der Waals surface area contributed by atoms with E-state index in [1.165, 1.54) is 16.7 Å². The summed E-state index contributed by atoms with van der Waals surface area (Å²) < 4.78 is 6.02. The number of hydrogen-bond donors (Lipinski definition) is 1. The maximum Gasteiger partial charge on any atom is 0.124 e. The van der Waals surface area contributed by atoms with Gasteiger partial charge in [0.05, 0.1) is 0 Å². The summed E-state index contributed by atoms with van der Waals surface area (Å²) in [5.74, 6) is 0.963. The van der Waals surface area contributed by atoms with Crippen LogP contribution in [0.1, 0.15) is 43.5 Å². The monoisotopic (exact) mass is 283 g/mol. The molecule has 0 radical (unpaired) electrons. The zero-order valence-corrected chi connectivity index (χ0v) is 13.2. The van der Waals surface area contributed by atoms with Gasteiger partial charge in [0.15, 0.2) is 0 Å². The average Bonchev–Trinajstić information content (AvgIpc) is 2.54. The van der Waals surface area contributed by atoms with Gasteiger partial charge in [0, 0.05) is 11.6 Å². The molecular weight excluding hydrogens is 258 g/mol. The lowest BCUT2D eigenvalue weighted by atomic mass is 10.1. The molecule has 1 unspecified atom stereocenters. The van der Waals surface area contributed by atoms with Gasteiger partial charge in [0.25, 0.3) is 0 Å². The molecule has 1 atom stereocenters. The minimum absolute atomic E-state index is 0.300. The molecule has 0 heterocycles. The molecule has 2 aromatic carbocycles. The third-order valence-electron chi connectivity index (χ3n) is 3.72. The SMILES string of the molecule is CCNC(C)c1ccccc1OCc1ccc(CC)cc1. The molecule has 0 spiro atoms. The van der Waals surface area contributed by atoms with Crippen molar-refractivity contribution < 1.29 is 4.74 Å². The summed E-state index contributed by atoms with van der Waals surface area (Å²) in [6.45, 7) is 8.02. The summed E-state index contributed by atoms with van der Waals surface area (Å²) in [6, 6.07) is 17.2. The zero-order valence-electron chi connectivity index (χ0n) is 13.2. The first-order chi connectivity index (χ1) is 10.2. The second-order valence-corrected chi connectivity index (χ2v) is 5.28. The summed E-state index contributed by atoms with van der Waals surface area (Å²) in [4.78, 5) is 0. The van der Waals surface area contributed by atoms with Gasteiger partial charge >= 0.3 is 0 Å². The molecule has 0 fully saturated rings. The predicted octanol–water partition coefficient (Wildman–Crippen LogP) is 4.50. The number of ether oxygens (including phenoxy) is 1. The van der Waals surface area contributed by atoms with Crippen LogP contribution >= 0.6 is 0 Å². The maximum atomic E-state index is 6.02. The Labute approximate surface area is 128 Å². The molecule has 2 aromatic rings. The Morgan fingerprint density at radius 2 is 1.62 bits per heavy atom. The molecule has 0 aliphatic rings. The van der Waals surface area contributed by atoms with Gasteiger partial charge in [0.1, 0.15) is 12.4 Å². The van der Waals surface area contributed by atoms with Gasteiger partial charge in [-0.15, -0.1) is 0 Å². The molecule has 0 aliphatic carbocycles. The second-order valence-electron chi connectivity index (χ2n) is 5.28. The van der Waals surface area contributed by atoms with E-state index in [2.05, 4.69) is 62.5 Å². The van der Waals surface area contributed by atoms with Gasteiger partial charge < -0.3 is 10.1 Å². The minimum atomic E-state index is 0.300. The molecule has 0 saturated carbocycles. The number of benzene rings is 2. The van der Waals surface area contributed by atoms with Crippen LogP contribution in [0.15, 0.2) is 48.5 Å². The Morgan fingerprint density at radius 3 is 2.29 bits per heavy atom. The van der Waals surface area contributed by atoms with Crippen molar-refractivity contribution in [2.45, 2.75) is 39.8 Å². The molecular formula is C19H25NO. The third kappa shape index (κ3) is 4.33. The van der Waals surface area contributed by atoms with Crippen molar-refractivity contribution in [3.8, 4) is 5.75 Å². The standard InChI is InChI=1S/C19H25NO/c1-4-16-10-12-17(13-11-16)14-21-19-9-7-6-8-18(19)15(3)20-5-2/h6-13,15,20H,4-5,14H2,1-3H3. The topological polar surface area (TPSA) is 21.3 Å². The van der Waals surface area contributed by atoms with Crippen LogP contribution in [0.5, 0.6) is 5.75 Å². The van der Waals surface area contributed by atoms with Crippen LogP contribution in [-0.4, -0.2) is 6.54 Å². The molecule has 21 heavy (non-hydrogen) atoms. The predicted molar refractivity (Wildman–Crippen MR) is 88.7 cm³/mol. The molecule has 2 rings (SSSR count). The minimum Gasteiger partial charge on any atom is -0.489 e. The second kappa shape index (κ2) is 7.84. The highest BCUT2D eigenvalue weighted by atomic mass is 16.5. The van der Waals surface area contributed by atoms with E-state index in [9.17, 15) is 0 Å². The molecule has 0 saturated heterocycles. The summed E-state index contributed by atoms with van der Waals surface area (Å²) in [7, 11) is 0.